The topological polar surface area (TPSA) is 49.4 Å². The van der Waals surface area contributed by atoms with Crippen molar-refractivity contribution in [1.82, 2.24) is 10.2 Å². The van der Waals surface area contributed by atoms with Gasteiger partial charge in [-0.1, -0.05) is 18.2 Å². The molecule has 1 spiro atoms. The normalized spacial score (nSPS) is 26.5. The summed E-state index contributed by atoms with van der Waals surface area (Å²) in [5, 5.41) is 2.92. The van der Waals surface area contributed by atoms with Crippen molar-refractivity contribution in [3.63, 3.8) is 0 Å². The molecule has 100 valence electrons. The SMILES string of the molecule is O=C1CC[C@]2(CCCN2C(=O)c2ccccc2)CN1. The fraction of sp³-hybridized carbons (Fsp3) is 0.467. The highest BCUT2D eigenvalue weighted by molar-refractivity contribution is 5.95. The summed E-state index contributed by atoms with van der Waals surface area (Å²) in [4.78, 5) is 25.9. The van der Waals surface area contributed by atoms with Crippen LogP contribution >= 0.6 is 0 Å². The molecule has 2 fully saturated rings. The summed E-state index contributed by atoms with van der Waals surface area (Å²) in [5.74, 6) is 0.193. The Bertz CT molecular complexity index is 488. The van der Waals surface area contributed by atoms with Gasteiger partial charge in [-0.2, -0.15) is 0 Å². The zero-order chi connectivity index (χ0) is 13.3. The maximum Gasteiger partial charge on any atom is 0.254 e. The van der Waals surface area contributed by atoms with Crippen LogP contribution in [0.15, 0.2) is 30.3 Å². The van der Waals surface area contributed by atoms with Crippen LogP contribution in [0.4, 0.5) is 0 Å². The summed E-state index contributed by atoms with van der Waals surface area (Å²) in [6.07, 6.45) is 3.33. The molecule has 4 nitrogen and oxygen atoms in total. The molecule has 0 radical (unpaired) electrons. The van der Waals surface area contributed by atoms with Gasteiger partial charge < -0.3 is 10.2 Å². The Hall–Kier alpha value is -1.84. The highest BCUT2D eigenvalue weighted by atomic mass is 16.2. The predicted octanol–water partition coefficient (Wildman–Crippen LogP) is 1.57. The Morgan fingerprint density at radius 1 is 1.21 bits per heavy atom. The van der Waals surface area contributed by atoms with Crippen LogP contribution in [0.5, 0.6) is 0 Å². The first-order valence-corrected chi connectivity index (χ1v) is 6.85. The van der Waals surface area contributed by atoms with Crippen LogP contribution in [0, 0.1) is 0 Å². The number of hydrogen-bond donors (Lipinski definition) is 1. The third kappa shape index (κ3) is 2.11. The van der Waals surface area contributed by atoms with Crippen molar-refractivity contribution in [2.45, 2.75) is 31.2 Å². The number of likely N-dealkylation sites (tertiary alicyclic amines) is 1. The number of carbonyl (C=O) groups is 2. The lowest BCUT2D eigenvalue weighted by Crippen LogP contribution is -2.57. The van der Waals surface area contributed by atoms with E-state index in [1.54, 1.807) is 0 Å². The van der Waals surface area contributed by atoms with Crippen LogP contribution in [0.1, 0.15) is 36.0 Å². The lowest BCUT2D eigenvalue weighted by Gasteiger charge is -2.41. The third-order valence-corrected chi connectivity index (χ3v) is 4.29. The molecule has 4 heteroatoms. The van der Waals surface area contributed by atoms with Gasteiger partial charge in [0.2, 0.25) is 5.91 Å². The zero-order valence-corrected chi connectivity index (χ0v) is 10.9. The van der Waals surface area contributed by atoms with E-state index in [2.05, 4.69) is 5.32 Å². The number of amides is 2. The smallest absolute Gasteiger partial charge is 0.254 e. The third-order valence-electron chi connectivity index (χ3n) is 4.29. The molecule has 1 aromatic carbocycles. The molecule has 0 unspecified atom stereocenters. The molecule has 3 rings (SSSR count). The van der Waals surface area contributed by atoms with Gasteiger partial charge in [0.15, 0.2) is 0 Å². The lowest BCUT2D eigenvalue weighted by molar-refractivity contribution is -0.124. The molecular weight excluding hydrogens is 240 g/mol. The van der Waals surface area contributed by atoms with Crippen LogP contribution in [-0.2, 0) is 4.79 Å². The molecule has 1 N–H and O–H groups in total. The van der Waals surface area contributed by atoms with Gasteiger partial charge >= 0.3 is 0 Å². The van der Waals surface area contributed by atoms with E-state index in [0.717, 1.165) is 31.4 Å². The molecule has 19 heavy (non-hydrogen) atoms. The number of piperidine rings is 1. The van der Waals surface area contributed by atoms with E-state index in [4.69, 9.17) is 0 Å². The van der Waals surface area contributed by atoms with E-state index < -0.39 is 0 Å². The fourth-order valence-electron chi connectivity index (χ4n) is 3.22. The molecule has 2 heterocycles. The number of rotatable bonds is 1. The molecule has 2 amide bonds. The Morgan fingerprint density at radius 2 is 2.00 bits per heavy atom. The maximum atomic E-state index is 12.6. The highest BCUT2D eigenvalue weighted by Crippen LogP contribution is 2.36. The largest absolute Gasteiger partial charge is 0.354 e. The second kappa shape index (κ2) is 4.68. The van der Waals surface area contributed by atoms with Gasteiger partial charge in [-0.25, -0.2) is 0 Å². The van der Waals surface area contributed by atoms with Crippen LogP contribution < -0.4 is 5.32 Å². The minimum absolute atomic E-state index is 0.0919. The number of nitrogens with zero attached hydrogens (tertiary/aromatic N) is 1. The van der Waals surface area contributed by atoms with Crippen LogP contribution in [0.25, 0.3) is 0 Å². The molecule has 0 saturated carbocycles. The maximum absolute atomic E-state index is 12.6. The number of nitrogens with one attached hydrogen (secondary N) is 1. The number of hydrogen-bond acceptors (Lipinski definition) is 2. The molecule has 0 aromatic heterocycles. The van der Waals surface area contributed by atoms with E-state index in [1.807, 2.05) is 35.2 Å². The van der Waals surface area contributed by atoms with Crippen LogP contribution in [0.2, 0.25) is 0 Å². The standard InChI is InChI=1S/C15H18N2O2/c18-13-7-9-15(11-16-13)8-4-10-17(15)14(19)12-5-2-1-3-6-12/h1-3,5-6H,4,7-11H2,(H,16,18)/t15-/m1/s1. The van der Waals surface area contributed by atoms with E-state index in [0.29, 0.717) is 13.0 Å². The lowest BCUT2D eigenvalue weighted by atomic mass is 9.87. The van der Waals surface area contributed by atoms with E-state index in [1.165, 1.54) is 0 Å². The van der Waals surface area contributed by atoms with Crippen molar-refractivity contribution in [3.8, 4) is 0 Å². The molecule has 2 saturated heterocycles. The highest BCUT2D eigenvalue weighted by Gasteiger charge is 2.45. The molecule has 0 aliphatic carbocycles. The summed E-state index contributed by atoms with van der Waals surface area (Å²) in [6.45, 7) is 1.40. The van der Waals surface area contributed by atoms with Gasteiger partial charge in [0, 0.05) is 25.1 Å². The molecular formula is C15H18N2O2. The first-order valence-electron chi connectivity index (χ1n) is 6.85. The van der Waals surface area contributed by atoms with Gasteiger partial charge in [-0.05, 0) is 31.4 Å². The van der Waals surface area contributed by atoms with Gasteiger partial charge in [0.05, 0.1) is 5.54 Å². The second-order valence-electron chi connectivity index (χ2n) is 5.43. The Balaban J connectivity index is 1.84. The molecule has 1 atom stereocenters. The zero-order valence-electron chi connectivity index (χ0n) is 10.9. The monoisotopic (exact) mass is 258 g/mol. The van der Waals surface area contributed by atoms with Crippen molar-refractivity contribution in [3.05, 3.63) is 35.9 Å². The molecule has 2 aliphatic rings. The van der Waals surface area contributed by atoms with Gasteiger partial charge in [0.1, 0.15) is 0 Å². The van der Waals surface area contributed by atoms with E-state index in [9.17, 15) is 9.59 Å². The first kappa shape index (κ1) is 12.2. The first-order chi connectivity index (χ1) is 9.21. The quantitative estimate of drug-likeness (QED) is 0.831. The van der Waals surface area contributed by atoms with Crippen molar-refractivity contribution in [1.29, 1.82) is 0 Å². The second-order valence-corrected chi connectivity index (χ2v) is 5.43. The minimum Gasteiger partial charge on any atom is -0.354 e. The van der Waals surface area contributed by atoms with Crippen molar-refractivity contribution in [2.24, 2.45) is 0 Å². The number of carbonyl (C=O) groups excluding carboxylic acids is 2. The minimum atomic E-state index is -0.152. The number of benzene rings is 1. The summed E-state index contributed by atoms with van der Waals surface area (Å²) < 4.78 is 0. The fourth-order valence-corrected chi connectivity index (χ4v) is 3.22. The van der Waals surface area contributed by atoms with Gasteiger partial charge in [-0.3, -0.25) is 9.59 Å². The average molecular weight is 258 g/mol. The van der Waals surface area contributed by atoms with Gasteiger partial charge in [-0.15, -0.1) is 0 Å². The van der Waals surface area contributed by atoms with E-state index in [-0.39, 0.29) is 17.4 Å². The molecule has 1 aromatic rings. The van der Waals surface area contributed by atoms with Crippen LogP contribution in [-0.4, -0.2) is 35.3 Å². The Labute approximate surface area is 112 Å². The summed E-state index contributed by atoms with van der Waals surface area (Å²) in [5.41, 5.74) is 0.585. The van der Waals surface area contributed by atoms with E-state index >= 15 is 0 Å². The summed E-state index contributed by atoms with van der Waals surface area (Å²) >= 11 is 0. The molecule has 2 aliphatic heterocycles. The van der Waals surface area contributed by atoms with Gasteiger partial charge in [0.25, 0.3) is 5.91 Å². The Morgan fingerprint density at radius 3 is 2.68 bits per heavy atom. The van der Waals surface area contributed by atoms with Crippen molar-refractivity contribution < 1.29 is 9.59 Å². The Kier molecular flexibility index (Phi) is 3.01. The molecule has 0 bridgehead atoms. The van der Waals surface area contributed by atoms with Crippen molar-refractivity contribution in [2.75, 3.05) is 13.1 Å². The predicted molar refractivity (Wildman–Crippen MR) is 71.7 cm³/mol. The van der Waals surface area contributed by atoms with Crippen molar-refractivity contribution >= 4 is 11.8 Å². The summed E-state index contributed by atoms with van der Waals surface area (Å²) in [6, 6.07) is 9.40. The summed E-state index contributed by atoms with van der Waals surface area (Å²) in [7, 11) is 0. The average Bonchev–Trinajstić information content (AvgIpc) is 2.86. The van der Waals surface area contributed by atoms with Crippen LogP contribution in [0.3, 0.4) is 0 Å².